The van der Waals surface area contributed by atoms with Crippen LogP contribution >= 0.6 is 0 Å². The van der Waals surface area contributed by atoms with E-state index in [4.69, 9.17) is 4.74 Å². The summed E-state index contributed by atoms with van der Waals surface area (Å²) < 4.78 is 5.46. The van der Waals surface area contributed by atoms with E-state index in [2.05, 4.69) is 45.2 Å². The molecular weight excluding hydrogens is 160 g/mol. The molecule has 0 amide bonds. The predicted molar refractivity (Wildman–Crippen MR) is 58.8 cm³/mol. The smallest absolute Gasteiger partial charge is 0.0717 e. The lowest BCUT2D eigenvalue weighted by Gasteiger charge is -2.10. The van der Waals surface area contributed by atoms with Crippen molar-refractivity contribution in [1.82, 2.24) is 0 Å². The van der Waals surface area contributed by atoms with Gasteiger partial charge >= 0.3 is 0 Å². The Balaban J connectivity index is 0.000000671. The van der Waals surface area contributed by atoms with E-state index in [9.17, 15) is 0 Å². The van der Waals surface area contributed by atoms with E-state index >= 15 is 0 Å². The van der Waals surface area contributed by atoms with Crippen LogP contribution in [0, 0.1) is 0 Å². The predicted octanol–water partition coefficient (Wildman–Crippen LogP) is 3.49. The minimum absolute atomic E-state index is 0.339. The first-order chi connectivity index (χ1) is 6.29. The normalized spacial score (nSPS) is 14.8. The van der Waals surface area contributed by atoms with Crippen LogP contribution in [0.2, 0.25) is 0 Å². The molecule has 0 atom stereocenters. The molecule has 1 aliphatic carbocycles. The summed E-state index contributed by atoms with van der Waals surface area (Å²) in [6.07, 6.45) is 9.32. The van der Waals surface area contributed by atoms with Gasteiger partial charge in [-0.3, -0.25) is 0 Å². The van der Waals surface area contributed by atoms with E-state index in [1.807, 2.05) is 0 Å². The first-order valence-electron chi connectivity index (χ1n) is 4.76. The van der Waals surface area contributed by atoms with E-state index in [1.54, 1.807) is 0 Å². The van der Waals surface area contributed by atoms with Crippen molar-refractivity contribution in [1.29, 1.82) is 0 Å². The van der Waals surface area contributed by atoms with Gasteiger partial charge in [-0.15, -0.1) is 13.2 Å². The van der Waals surface area contributed by atoms with Crippen molar-refractivity contribution in [2.45, 2.75) is 32.8 Å². The van der Waals surface area contributed by atoms with E-state index in [1.165, 1.54) is 18.4 Å². The highest BCUT2D eigenvalue weighted by atomic mass is 16.5. The molecule has 0 saturated heterocycles. The number of allylic oxidation sites excluding steroid dienone is 2. The van der Waals surface area contributed by atoms with Gasteiger partial charge in [-0.05, 0) is 32.3 Å². The summed E-state index contributed by atoms with van der Waals surface area (Å²) in [5, 5.41) is 0. The second-order valence-corrected chi connectivity index (χ2v) is 3.12. The SMILES string of the molecule is C=C.CC(C)OCC1=CCCC=C1. The van der Waals surface area contributed by atoms with Crippen LogP contribution < -0.4 is 0 Å². The second kappa shape index (κ2) is 7.81. The third kappa shape index (κ3) is 6.35. The highest BCUT2D eigenvalue weighted by molar-refractivity contribution is 5.22. The summed E-state index contributed by atoms with van der Waals surface area (Å²) >= 11 is 0. The Labute approximate surface area is 81.8 Å². The van der Waals surface area contributed by atoms with Gasteiger partial charge in [-0.1, -0.05) is 18.2 Å². The van der Waals surface area contributed by atoms with Crippen molar-refractivity contribution in [3.63, 3.8) is 0 Å². The zero-order chi connectivity index (χ0) is 10.1. The minimum atomic E-state index is 0.339. The molecule has 0 unspecified atom stereocenters. The highest BCUT2D eigenvalue weighted by Gasteiger charge is 1.98. The summed E-state index contributed by atoms with van der Waals surface area (Å²) in [6.45, 7) is 10.9. The maximum atomic E-state index is 5.46. The summed E-state index contributed by atoms with van der Waals surface area (Å²) in [6, 6.07) is 0. The van der Waals surface area contributed by atoms with Gasteiger partial charge in [0.2, 0.25) is 0 Å². The molecule has 0 heterocycles. The van der Waals surface area contributed by atoms with Crippen molar-refractivity contribution in [3.05, 3.63) is 37.0 Å². The first-order valence-corrected chi connectivity index (χ1v) is 4.76. The fourth-order valence-electron chi connectivity index (χ4n) is 1.04. The van der Waals surface area contributed by atoms with E-state index < -0.39 is 0 Å². The Hall–Kier alpha value is -0.820. The minimum Gasteiger partial charge on any atom is -0.374 e. The number of rotatable bonds is 3. The zero-order valence-corrected chi connectivity index (χ0v) is 8.75. The molecule has 1 rings (SSSR count). The van der Waals surface area contributed by atoms with Gasteiger partial charge in [0.15, 0.2) is 0 Å². The third-order valence-corrected chi connectivity index (χ3v) is 1.66. The van der Waals surface area contributed by atoms with Crippen molar-refractivity contribution in [3.8, 4) is 0 Å². The maximum absolute atomic E-state index is 5.46. The zero-order valence-electron chi connectivity index (χ0n) is 8.75. The lowest BCUT2D eigenvalue weighted by molar-refractivity contribution is 0.0986. The molecule has 0 radical (unpaired) electrons. The van der Waals surface area contributed by atoms with E-state index in [0.717, 1.165) is 6.61 Å². The highest BCUT2D eigenvalue weighted by Crippen LogP contribution is 2.10. The van der Waals surface area contributed by atoms with Crippen LogP contribution in [0.4, 0.5) is 0 Å². The van der Waals surface area contributed by atoms with Crippen LogP contribution in [-0.4, -0.2) is 12.7 Å². The van der Waals surface area contributed by atoms with Crippen molar-refractivity contribution >= 4 is 0 Å². The Morgan fingerprint density at radius 3 is 2.54 bits per heavy atom. The lowest BCUT2D eigenvalue weighted by Crippen LogP contribution is -2.05. The Morgan fingerprint density at radius 1 is 1.38 bits per heavy atom. The second-order valence-electron chi connectivity index (χ2n) is 3.12. The molecule has 1 nitrogen and oxygen atoms in total. The Morgan fingerprint density at radius 2 is 2.08 bits per heavy atom. The van der Waals surface area contributed by atoms with Gasteiger partial charge in [0, 0.05) is 0 Å². The third-order valence-electron chi connectivity index (χ3n) is 1.66. The molecule has 0 saturated carbocycles. The fraction of sp³-hybridized carbons (Fsp3) is 0.500. The van der Waals surface area contributed by atoms with E-state index in [-0.39, 0.29) is 0 Å². The Kier molecular flexibility index (Phi) is 7.32. The lowest BCUT2D eigenvalue weighted by atomic mass is 10.1. The molecule has 0 fully saturated rings. The molecule has 0 N–H and O–H groups in total. The monoisotopic (exact) mass is 180 g/mol. The average molecular weight is 180 g/mol. The summed E-state index contributed by atoms with van der Waals surface area (Å²) in [7, 11) is 0. The number of hydrogen-bond donors (Lipinski definition) is 0. The molecule has 0 bridgehead atoms. The molecule has 0 aliphatic heterocycles. The van der Waals surface area contributed by atoms with E-state index in [0.29, 0.717) is 6.10 Å². The van der Waals surface area contributed by atoms with Crippen molar-refractivity contribution in [2.75, 3.05) is 6.61 Å². The Bertz CT molecular complexity index is 178. The quantitative estimate of drug-likeness (QED) is 0.604. The van der Waals surface area contributed by atoms with Crippen molar-refractivity contribution in [2.24, 2.45) is 0 Å². The molecule has 0 spiro atoms. The standard InChI is InChI=1S/C10H16O.C2H4/c1-9(2)11-8-10-6-4-3-5-7-10;1-2/h4,6-7,9H,3,5,8H2,1-2H3;1-2H2. The molecule has 0 aromatic carbocycles. The van der Waals surface area contributed by atoms with Crippen LogP contribution in [0.3, 0.4) is 0 Å². The van der Waals surface area contributed by atoms with Gasteiger partial charge in [0.25, 0.3) is 0 Å². The van der Waals surface area contributed by atoms with Crippen LogP contribution in [-0.2, 0) is 4.74 Å². The van der Waals surface area contributed by atoms with Gasteiger partial charge < -0.3 is 4.74 Å². The fourth-order valence-corrected chi connectivity index (χ4v) is 1.04. The van der Waals surface area contributed by atoms with Crippen LogP contribution in [0.1, 0.15) is 26.7 Å². The molecule has 0 aromatic heterocycles. The van der Waals surface area contributed by atoms with Crippen LogP contribution in [0.5, 0.6) is 0 Å². The molecule has 13 heavy (non-hydrogen) atoms. The van der Waals surface area contributed by atoms with Crippen LogP contribution in [0.25, 0.3) is 0 Å². The summed E-state index contributed by atoms with van der Waals surface area (Å²) in [4.78, 5) is 0. The van der Waals surface area contributed by atoms with Crippen molar-refractivity contribution < 1.29 is 4.74 Å². The molecular formula is C12H20O. The van der Waals surface area contributed by atoms with Gasteiger partial charge in [0.05, 0.1) is 12.7 Å². The molecule has 0 aromatic rings. The summed E-state index contributed by atoms with van der Waals surface area (Å²) in [5.74, 6) is 0. The van der Waals surface area contributed by atoms with Gasteiger partial charge in [-0.25, -0.2) is 0 Å². The number of ether oxygens (including phenoxy) is 1. The van der Waals surface area contributed by atoms with Crippen LogP contribution in [0.15, 0.2) is 37.0 Å². The summed E-state index contributed by atoms with van der Waals surface area (Å²) in [5.41, 5.74) is 1.32. The molecule has 74 valence electrons. The largest absolute Gasteiger partial charge is 0.374 e. The topological polar surface area (TPSA) is 9.23 Å². The average Bonchev–Trinajstić information content (AvgIpc) is 2.19. The molecule has 1 heteroatoms. The molecule has 1 aliphatic rings. The number of hydrogen-bond acceptors (Lipinski definition) is 1. The first kappa shape index (κ1) is 12.2. The van der Waals surface area contributed by atoms with Gasteiger partial charge in [0.1, 0.15) is 0 Å². The van der Waals surface area contributed by atoms with Gasteiger partial charge in [-0.2, -0.15) is 0 Å². The maximum Gasteiger partial charge on any atom is 0.0717 e.